The van der Waals surface area contributed by atoms with Gasteiger partial charge in [-0.25, -0.2) is 0 Å². The number of benzene rings is 2. The van der Waals surface area contributed by atoms with Gasteiger partial charge in [-0.15, -0.1) is 13.2 Å². The van der Waals surface area contributed by atoms with E-state index in [1.165, 1.54) is 31.4 Å². The van der Waals surface area contributed by atoms with Crippen LogP contribution in [0.25, 0.3) is 0 Å². The van der Waals surface area contributed by atoms with Crippen LogP contribution in [0, 0.1) is 11.3 Å². The van der Waals surface area contributed by atoms with E-state index >= 15 is 0 Å². The Labute approximate surface area is 134 Å². The van der Waals surface area contributed by atoms with Crippen LogP contribution in [-0.2, 0) is 0 Å². The zero-order valence-corrected chi connectivity index (χ0v) is 12.4. The molecule has 0 amide bonds. The maximum atomic E-state index is 12.3. The monoisotopic (exact) mass is 343 g/mol. The van der Waals surface area contributed by atoms with Crippen LogP contribution in [0.1, 0.15) is 5.56 Å². The molecule has 0 spiro atoms. The summed E-state index contributed by atoms with van der Waals surface area (Å²) in [4.78, 5) is 0. The van der Waals surface area contributed by atoms with Crippen LogP contribution in [0.15, 0.2) is 36.4 Å². The minimum atomic E-state index is -4.82. The number of hydrogen-bond donors (Lipinski definition) is 0. The fourth-order valence-corrected chi connectivity index (χ4v) is 1.97. The molecule has 8 heteroatoms. The second-order valence-electron chi connectivity index (χ2n) is 4.25. The van der Waals surface area contributed by atoms with Crippen molar-refractivity contribution in [2.24, 2.45) is 0 Å². The highest BCUT2D eigenvalue weighted by Gasteiger charge is 2.31. The molecule has 2 aromatic carbocycles. The molecule has 0 aromatic heterocycles. The Balaban J connectivity index is 2.36. The Morgan fingerprint density at radius 3 is 2.39 bits per heavy atom. The smallest absolute Gasteiger partial charge is 0.493 e. The standard InChI is InChI=1S/C15H9ClF3NO3/c1-21-13-3-2-11(23-15(17,18)19)7-14(13)22-12-5-9(8-20)4-10(16)6-12/h2-7H,1H3. The summed E-state index contributed by atoms with van der Waals surface area (Å²) in [5, 5.41) is 9.14. The Bertz CT molecular complexity index is 757. The summed E-state index contributed by atoms with van der Waals surface area (Å²) >= 11 is 5.85. The maximum Gasteiger partial charge on any atom is 0.573 e. The predicted octanol–water partition coefficient (Wildman–Crippen LogP) is 4.91. The van der Waals surface area contributed by atoms with Crippen LogP contribution in [0.3, 0.4) is 0 Å². The molecule has 0 saturated heterocycles. The molecule has 0 aliphatic rings. The van der Waals surface area contributed by atoms with Crippen LogP contribution in [-0.4, -0.2) is 13.5 Å². The van der Waals surface area contributed by atoms with E-state index in [1.54, 1.807) is 0 Å². The van der Waals surface area contributed by atoms with Gasteiger partial charge in [-0.2, -0.15) is 5.26 Å². The van der Waals surface area contributed by atoms with Crippen molar-refractivity contribution < 1.29 is 27.4 Å². The van der Waals surface area contributed by atoms with Crippen molar-refractivity contribution in [1.82, 2.24) is 0 Å². The van der Waals surface area contributed by atoms with Gasteiger partial charge in [0.25, 0.3) is 0 Å². The minimum absolute atomic E-state index is 0.0135. The lowest BCUT2D eigenvalue weighted by Crippen LogP contribution is -2.17. The number of nitriles is 1. The summed E-state index contributed by atoms with van der Waals surface area (Å²) in [6.07, 6.45) is -4.82. The second-order valence-corrected chi connectivity index (χ2v) is 4.69. The van der Waals surface area contributed by atoms with Crippen molar-refractivity contribution in [2.45, 2.75) is 6.36 Å². The van der Waals surface area contributed by atoms with E-state index in [4.69, 9.17) is 26.3 Å². The number of hydrogen-bond acceptors (Lipinski definition) is 4. The van der Waals surface area contributed by atoms with Gasteiger partial charge >= 0.3 is 6.36 Å². The molecule has 0 fully saturated rings. The number of halogens is 4. The van der Waals surface area contributed by atoms with Crippen molar-refractivity contribution >= 4 is 11.6 Å². The molecule has 2 aromatic rings. The van der Waals surface area contributed by atoms with E-state index in [1.807, 2.05) is 6.07 Å². The molecule has 2 rings (SSSR count). The van der Waals surface area contributed by atoms with Gasteiger partial charge < -0.3 is 14.2 Å². The summed E-state index contributed by atoms with van der Waals surface area (Å²) in [6.45, 7) is 0. The highest BCUT2D eigenvalue weighted by molar-refractivity contribution is 6.30. The minimum Gasteiger partial charge on any atom is -0.493 e. The first-order valence-electron chi connectivity index (χ1n) is 6.13. The number of alkyl halides is 3. The highest BCUT2D eigenvalue weighted by Crippen LogP contribution is 2.37. The fraction of sp³-hybridized carbons (Fsp3) is 0.133. The quantitative estimate of drug-likeness (QED) is 0.791. The van der Waals surface area contributed by atoms with E-state index in [0.29, 0.717) is 0 Å². The molecule has 0 aliphatic carbocycles. The first-order valence-corrected chi connectivity index (χ1v) is 6.51. The molecule has 0 radical (unpaired) electrons. The highest BCUT2D eigenvalue weighted by atomic mass is 35.5. The van der Waals surface area contributed by atoms with Crippen molar-refractivity contribution in [3.8, 4) is 29.1 Å². The van der Waals surface area contributed by atoms with Crippen LogP contribution >= 0.6 is 11.6 Å². The number of nitrogens with zero attached hydrogens (tertiary/aromatic N) is 1. The van der Waals surface area contributed by atoms with Gasteiger partial charge in [-0.3, -0.25) is 0 Å². The lowest BCUT2D eigenvalue weighted by atomic mass is 10.2. The zero-order chi connectivity index (χ0) is 17.0. The molecule has 0 atom stereocenters. The molecule has 0 aliphatic heterocycles. The van der Waals surface area contributed by atoms with E-state index in [-0.39, 0.29) is 27.8 Å². The Morgan fingerprint density at radius 1 is 1.04 bits per heavy atom. The molecule has 23 heavy (non-hydrogen) atoms. The Hall–Kier alpha value is -2.59. The molecular formula is C15H9ClF3NO3. The Kier molecular flexibility index (Phi) is 4.86. The molecule has 0 saturated carbocycles. The van der Waals surface area contributed by atoms with Crippen molar-refractivity contribution in [1.29, 1.82) is 5.26 Å². The number of ether oxygens (including phenoxy) is 3. The van der Waals surface area contributed by atoms with Crippen molar-refractivity contribution in [3.63, 3.8) is 0 Å². The number of rotatable bonds is 4. The van der Waals surface area contributed by atoms with Crippen LogP contribution < -0.4 is 14.2 Å². The van der Waals surface area contributed by atoms with E-state index in [0.717, 1.165) is 12.1 Å². The second kappa shape index (κ2) is 6.67. The molecule has 0 bridgehead atoms. The van der Waals surface area contributed by atoms with Crippen LogP contribution in [0.4, 0.5) is 13.2 Å². The summed E-state index contributed by atoms with van der Waals surface area (Å²) in [5.74, 6) is -0.106. The van der Waals surface area contributed by atoms with Gasteiger partial charge in [0.2, 0.25) is 0 Å². The van der Waals surface area contributed by atoms with Crippen molar-refractivity contribution in [2.75, 3.05) is 7.11 Å². The molecule has 0 N–H and O–H groups in total. The molecule has 0 heterocycles. The van der Waals surface area contributed by atoms with E-state index < -0.39 is 12.1 Å². The number of methoxy groups -OCH3 is 1. The SMILES string of the molecule is COc1ccc(OC(F)(F)F)cc1Oc1cc(Cl)cc(C#N)c1. The third-order valence-electron chi connectivity index (χ3n) is 2.60. The third-order valence-corrected chi connectivity index (χ3v) is 2.82. The Morgan fingerprint density at radius 2 is 1.78 bits per heavy atom. The van der Waals surface area contributed by atoms with Gasteiger partial charge in [0, 0.05) is 11.1 Å². The van der Waals surface area contributed by atoms with Crippen LogP contribution in [0.5, 0.6) is 23.0 Å². The largest absolute Gasteiger partial charge is 0.573 e. The third kappa shape index (κ3) is 4.69. The average molecular weight is 344 g/mol. The summed E-state index contributed by atoms with van der Waals surface area (Å²) in [5.41, 5.74) is 0.245. The maximum absolute atomic E-state index is 12.3. The fourth-order valence-electron chi connectivity index (χ4n) is 1.75. The normalized spacial score (nSPS) is 10.8. The summed E-state index contributed by atoms with van der Waals surface area (Å²) in [6, 6.07) is 9.52. The van der Waals surface area contributed by atoms with E-state index in [2.05, 4.69) is 4.74 Å². The molecule has 4 nitrogen and oxygen atoms in total. The van der Waals surface area contributed by atoms with Crippen molar-refractivity contribution in [3.05, 3.63) is 47.0 Å². The first kappa shape index (κ1) is 16.8. The van der Waals surface area contributed by atoms with Gasteiger partial charge in [0.15, 0.2) is 11.5 Å². The lowest BCUT2D eigenvalue weighted by Gasteiger charge is -2.14. The zero-order valence-electron chi connectivity index (χ0n) is 11.6. The summed E-state index contributed by atoms with van der Waals surface area (Å²) < 4.78 is 51.2. The molecule has 120 valence electrons. The lowest BCUT2D eigenvalue weighted by molar-refractivity contribution is -0.274. The van der Waals surface area contributed by atoms with Gasteiger partial charge in [-0.05, 0) is 30.3 Å². The van der Waals surface area contributed by atoms with Gasteiger partial charge in [0.1, 0.15) is 11.5 Å². The first-order chi connectivity index (χ1) is 10.8. The molecule has 0 unspecified atom stereocenters. The van der Waals surface area contributed by atoms with E-state index in [9.17, 15) is 13.2 Å². The predicted molar refractivity (Wildman–Crippen MR) is 75.9 cm³/mol. The van der Waals surface area contributed by atoms with Gasteiger partial charge in [-0.1, -0.05) is 11.6 Å². The average Bonchev–Trinajstić information content (AvgIpc) is 2.45. The molecular weight excluding hydrogens is 335 g/mol. The topological polar surface area (TPSA) is 51.5 Å². The van der Waals surface area contributed by atoms with Crippen LogP contribution in [0.2, 0.25) is 5.02 Å². The van der Waals surface area contributed by atoms with Gasteiger partial charge in [0.05, 0.1) is 18.7 Å². The summed E-state index contributed by atoms with van der Waals surface area (Å²) in [7, 11) is 1.34.